The molecule has 74 valence electrons. The predicted octanol–water partition coefficient (Wildman–Crippen LogP) is 2.09. The maximum absolute atomic E-state index is 11.2. The van der Waals surface area contributed by atoms with E-state index < -0.39 is 0 Å². The van der Waals surface area contributed by atoms with Crippen molar-refractivity contribution in [3.05, 3.63) is 41.7 Å². The molecule has 3 heteroatoms. The first kappa shape index (κ1) is 10.3. The zero-order valence-corrected chi connectivity index (χ0v) is 8.19. The zero-order chi connectivity index (χ0) is 10.4. The second-order valence-electron chi connectivity index (χ2n) is 2.66. The maximum Gasteiger partial charge on any atom is 0.337 e. The second-order valence-corrected chi connectivity index (χ2v) is 2.66. The van der Waals surface area contributed by atoms with E-state index in [0.29, 0.717) is 5.56 Å². The van der Waals surface area contributed by atoms with Gasteiger partial charge in [-0.2, -0.15) is 0 Å². The van der Waals surface area contributed by atoms with Gasteiger partial charge < -0.3 is 9.47 Å². The summed E-state index contributed by atoms with van der Waals surface area (Å²) in [5.74, 6) is -0.335. The van der Waals surface area contributed by atoms with Crippen molar-refractivity contribution in [1.29, 1.82) is 0 Å². The van der Waals surface area contributed by atoms with E-state index >= 15 is 0 Å². The average Bonchev–Trinajstić information content (AvgIpc) is 2.25. The number of carbonyl (C=O) groups is 1. The standard InChI is InChI=1S/C11H12O3/c1-13-7-6-9-4-3-5-10(8-9)11(12)14-2/h3-8H,1-2H3/b7-6+. The zero-order valence-electron chi connectivity index (χ0n) is 8.19. The predicted molar refractivity (Wildman–Crippen MR) is 53.8 cm³/mol. The van der Waals surface area contributed by atoms with Gasteiger partial charge in [-0.05, 0) is 23.8 Å². The van der Waals surface area contributed by atoms with Gasteiger partial charge in [-0.3, -0.25) is 0 Å². The molecule has 0 fully saturated rings. The average molecular weight is 192 g/mol. The van der Waals surface area contributed by atoms with Crippen molar-refractivity contribution in [3.8, 4) is 0 Å². The summed E-state index contributed by atoms with van der Waals surface area (Å²) in [6.45, 7) is 0. The number of carbonyl (C=O) groups excluding carboxylic acids is 1. The molecule has 0 spiro atoms. The van der Waals surface area contributed by atoms with Crippen molar-refractivity contribution in [3.63, 3.8) is 0 Å². The molecule has 0 radical (unpaired) electrons. The molecule has 0 atom stereocenters. The monoisotopic (exact) mass is 192 g/mol. The summed E-state index contributed by atoms with van der Waals surface area (Å²) in [6.07, 6.45) is 3.32. The first-order valence-electron chi connectivity index (χ1n) is 4.15. The molecule has 0 bridgehead atoms. The molecule has 0 aliphatic rings. The molecule has 0 N–H and O–H groups in total. The number of hydrogen-bond donors (Lipinski definition) is 0. The lowest BCUT2D eigenvalue weighted by Gasteiger charge is -1.99. The number of esters is 1. The fraction of sp³-hybridized carbons (Fsp3) is 0.182. The molecule has 0 saturated heterocycles. The molecule has 1 aromatic carbocycles. The Balaban J connectivity index is 2.89. The minimum atomic E-state index is -0.335. The van der Waals surface area contributed by atoms with Crippen molar-refractivity contribution in [2.75, 3.05) is 14.2 Å². The van der Waals surface area contributed by atoms with Crippen LogP contribution in [-0.2, 0) is 9.47 Å². The summed E-state index contributed by atoms with van der Waals surface area (Å²) in [5, 5.41) is 0. The van der Waals surface area contributed by atoms with Gasteiger partial charge in [0.1, 0.15) is 0 Å². The molecule has 14 heavy (non-hydrogen) atoms. The van der Waals surface area contributed by atoms with E-state index in [0.717, 1.165) is 5.56 Å². The van der Waals surface area contributed by atoms with Gasteiger partial charge in [0.2, 0.25) is 0 Å². The van der Waals surface area contributed by atoms with E-state index in [1.165, 1.54) is 7.11 Å². The van der Waals surface area contributed by atoms with Crippen LogP contribution in [0.1, 0.15) is 15.9 Å². The molecular formula is C11H12O3. The highest BCUT2D eigenvalue weighted by molar-refractivity contribution is 5.89. The highest BCUT2D eigenvalue weighted by Gasteiger charge is 2.03. The normalized spacial score (nSPS) is 10.1. The molecule has 0 saturated carbocycles. The van der Waals surface area contributed by atoms with Crippen LogP contribution in [0.15, 0.2) is 30.5 Å². The van der Waals surface area contributed by atoms with Crippen molar-refractivity contribution in [1.82, 2.24) is 0 Å². The van der Waals surface area contributed by atoms with Crippen molar-refractivity contribution >= 4 is 12.0 Å². The Labute approximate surface area is 83.0 Å². The van der Waals surface area contributed by atoms with Crippen LogP contribution in [-0.4, -0.2) is 20.2 Å². The molecule has 0 heterocycles. The number of rotatable bonds is 3. The summed E-state index contributed by atoms with van der Waals surface area (Å²) >= 11 is 0. The minimum absolute atomic E-state index is 0.335. The van der Waals surface area contributed by atoms with E-state index in [2.05, 4.69) is 4.74 Å². The summed E-state index contributed by atoms with van der Waals surface area (Å²) in [7, 11) is 2.93. The van der Waals surface area contributed by atoms with Crippen LogP contribution in [0.3, 0.4) is 0 Å². The lowest BCUT2D eigenvalue weighted by molar-refractivity contribution is 0.0600. The van der Waals surface area contributed by atoms with Gasteiger partial charge in [0.15, 0.2) is 0 Å². The molecule has 1 rings (SSSR count). The van der Waals surface area contributed by atoms with Gasteiger partial charge in [0, 0.05) is 0 Å². The Morgan fingerprint density at radius 2 is 2.14 bits per heavy atom. The number of ether oxygens (including phenoxy) is 2. The van der Waals surface area contributed by atoms with Gasteiger partial charge in [-0.1, -0.05) is 12.1 Å². The van der Waals surface area contributed by atoms with Gasteiger partial charge in [0.25, 0.3) is 0 Å². The Hall–Kier alpha value is -1.77. The third-order valence-corrected chi connectivity index (χ3v) is 1.70. The SMILES string of the molecule is CO/C=C/c1cccc(C(=O)OC)c1. The van der Waals surface area contributed by atoms with Crippen LogP contribution < -0.4 is 0 Å². The van der Waals surface area contributed by atoms with Crippen LogP contribution >= 0.6 is 0 Å². The molecule has 0 aliphatic carbocycles. The highest BCUT2D eigenvalue weighted by atomic mass is 16.5. The van der Waals surface area contributed by atoms with Gasteiger partial charge in [0.05, 0.1) is 26.0 Å². The summed E-state index contributed by atoms with van der Waals surface area (Å²) in [4.78, 5) is 11.2. The van der Waals surface area contributed by atoms with Crippen molar-refractivity contribution < 1.29 is 14.3 Å². The molecular weight excluding hydrogens is 180 g/mol. The summed E-state index contributed by atoms with van der Waals surface area (Å²) in [5.41, 5.74) is 1.43. The Morgan fingerprint density at radius 1 is 1.36 bits per heavy atom. The molecule has 0 aliphatic heterocycles. The molecule has 1 aromatic rings. The molecule has 3 nitrogen and oxygen atoms in total. The Bertz CT molecular complexity index is 342. The number of methoxy groups -OCH3 is 2. The number of hydrogen-bond acceptors (Lipinski definition) is 3. The van der Waals surface area contributed by atoms with Crippen LogP contribution in [0.25, 0.3) is 6.08 Å². The van der Waals surface area contributed by atoms with Crippen LogP contribution in [0.4, 0.5) is 0 Å². The van der Waals surface area contributed by atoms with Crippen molar-refractivity contribution in [2.45, 2.75) is 0 Å². The third kappa shape index (κ3) is 2.62. The first-order valence-corrected chi connectivity index (χ1v) is 4.15. The fourth-order valence-electron chi connectivity index (χ4n) is 1.03. The topological polar surface area (TPSA) is 35.5 Å². The van der Waals surface area contributed by atoms with E-state index in [1.807, 2.05) is 6.07 Å². The van der Waals surface area contributed by atoms with E-state index in [-0.39, 0.29) is 5.97 Å². The quantitative estimate of drug-likeness (QED) is 0.543. The highest BCUT2D eigenvalue weighted by Crippen LogP contribution is 2.08. The third-order valence-electron chi connectivity index (χ3n) is 1.70. The largest absolute Gasteiger partial charge is 0.504 e. The summed E-state index contributed by atoms with van der Waals surface area (Å²) in [6, 6.07) is 7.11. The molecule has 0 aromatic heterocycles. The van der Waals surface area contributed by atoms with E-state index in [9.17, 15) is 4.79 Å². The molecule has 0 amide bonds. The molecule has 0 unspecified atom stereocenters. The van der Waals surface area contributed by atoms with Gasteiger partial charge in [-0.15, -0.1) is 0 Å². The van der Waals surface area contributed by atoms with Crippen LogP contribution in [0.5, 0.6) is 0 Å². The minimum Gasteiger partial charge on any atom is -0.504 e. The van der Waals surface area contributed by atoms with Crippen molar-refractivity contribution in [2.24, 2.45) is 0 Å². The van der Waals surface area contributed by atoms with Crippen LogP contribution in [0.2, 0.25) is 0 Å². The van der Waals surface area contributed by atoms with E-state index in [4.69, 9.17) is 4.74 Å². The maximum atomic E-state index is 11.2. The smallest absolute Gasteiger partial charge is 0.337 e. The second kappa shape index (κ2) is 5.07. The first-order chi connectivity index (χ1) is 6.77. The van der Waals surface area contributed by atoms with Gasteiger partial charge in [-0.25, -0.2) is 4.79 Å². The lowest BCUT2D eigenvalue weighted by Crippen LogP contribution is -2.00. The Morgan fingerprint density at radius 3 is 2.79 bits per heavy atom. The fourth-order valence-corrected chi connectivity index (χ4v) is 1.03. The number of benzene rings is 1. The van der Waals surface area contributed by atoms with E-state index in [1.54, 1.807) is 37.6 Å². The Kier molecular flexibility index (Phi) is 3.73. The summed E-state index contributed by atoms with van der Waals surface area (Å²) < 4.78 is 9.38. The lowest BCUT2D eigenvalue weighted by atomic mass is 10.1. The van der Waals surface area contributed by atoms with Gasteiger partial charge >= 0.3 is 5.97 Å². The van der Waals surface area contributed by atoms with Crippen LogP contribution in [0, 0.1) is 0 Å².